The monoisotopic (exact) mass is 576 g/mol. The van der Waals surface area contributed by atoms with Crippen LogP contribution in [0.2, 0.25) is 0 Å². The summed E-state index contributed by atoms with van der Waals surface area (Å²) in [5.74, 6) is -0.220. The minimum Gasteiger partial charge on any atom is -0.308 e. The number of aromatic nitrogens is 1. The summed E-state index contributed by atoms with van der Waals surface area (Å²) in [5.41, 5.74) is 1.85. The van der Waals surface area contributed by atoms with Gasteiger partial charge in [-0.1, -0.05) is 35.6 Å². The molecule has 0 fully saturated rings. The highest BCUT2D eigenvalue weighted by Crippen LogP contribution is 2.34. The summed E-state index contributed by atoms with van der Waals surface area (Å²) >= 11 is 3.10. The SMILES string of the molecule is CSc1cccc2sc(N(CCN(C)C)C(=O)c3ccc(S(=O)(=O)N(C)c4ccccc4)cc3)nc12.Cl. The predicted octanol–water partition coefficient (Wildman–Crippen LogP) is 5.47. The third-order valence-electron chi connectivity index (χ3n) is 5.72. The number of para-hydroxylation sites is 2. The predicted molar refractivity (Wildman–Crippen MR) is 157 cm³/mol. The van der Waals surface area contributed by atoms with Crippen molar-refractivity contribution in [3.8, 4) is 0 Å². The molecule has 0 bridgehead atoms. The van der Waals surface area contributed by atoms with Gasteiger partial charge in [-0.05, 0) is 68.9 Å². The third kappa shape index (κ3) is 6.27. The average molecular weight is 577 g/mol. The lowest BCUT2D eigenvalue weighted by atomic mass is 10.2. The molecule has 0 aliphatic rings. The Kier molecular flexibility index (Phi) is 9.60. The molecule has 0 atom stereocenters. The molecule has 0 saturated carbocycles. The number of sulfonamides is 1. The Morgan fingerprint density at radius 1 is 0.919 bits per heavy atom. The van der Waals surface area contributed by atoms with E-state index in [4.69, 9.17) is 4.98 Å². The molecule has 4 aromatic rings. The lowest BCUT2D eigenvalue weighted by Gasteiger charge is -2.22. The summed E-state index contributed by atoms with van der Waals surface area (Å²) in [6.45, 7) is 1.11. The standard InChI is InChI=1S/C26H28N4O3S3.ClH/c1-28(2)17-18-30(26-27-24-22(34-4)11-8-12-23(24)35-26)25(31)19-13-15-21(16-14-19)36(32,33)29(3)20-9-6-5-7-10-20;/h5-16H,17-18H2,1-4H3;1H. The lowest BCUT2D eigenvalue weighted by molar-refractivity contribution is 0.0985. The van der Waals surface area contributed by atoms with Gasteiger partial charge in [-0.3, -0.25) is 14.0 Å². The number of amides is 1. The number of hydrogen-bond acceptors (Lipinski definition) is 7. The van der Waals surface area contributed by atoms with E-state index < -0.39 is 10.0 Å². The summed E-state index contributed by atoms with van der Waals surface area (Å²) in [5, 5.41) is 0.624. The Labute approximate surface area is 232 Å². The van der Waals surface area contributed by atoms with Crippen molar-refractivity contribution in [2.45, 2.75) is 9.79 Å². The van der Waals surface area contributed by atoms with Crippen LogP contribution in [0.15, 0.2) is 82.6 Å². The Morgan fingerprint density at radius 2 is 1.59 bits per heavy atom. The summed E-state index contributed by atoms with van der Waals surface area (Å²) in [6.07, 6.45) is 2.01. The summed E-state index contributed by atoms with van der Waals surface area (Å²) < 4.78 is 28.5. The van der Waals surface area contributed by atoms with Gasteiger partial charge in [-0.2, -0.15) is 0 Å². The molecule has 0 radical (unpaired) electrons. The molecule has 0 N–H and O–H groups in total. The minimum absolute atomic E-state index is 0. The van der Waals surface area contributed by atoms with Crippen molar-refractivity contribution in [3.63, 3.8) is 0 Å². The number of anilines is 2. The fourth-order valence-electron chi connectivity index (χ4n) is 3.64. The molecule has 4 rings (SSSR count). The number of thiazole rings is 1. The second-order valence-electron chi connectivity index (χ2n) is 8.40. The smallest absolute Gasteiger partial charge is 0.264 e. The van der Waals surface area contributed by atoms with Crippen LogP contribution in [0.3, 0.4) is 0 Å². The van der Waals surface area contributed by atoms with E-state index in [9.17, 15) is 13.2 Å². The molecule has 1 heterocycles. The normalized spacial score (nSPS) is 11.4. The van der Waals surface area contributed by atoms with Crippen LogP contribution in [-0.2, 0) is 10.0 Å². The van der Waals surface area contributed by atoms with E-state index in [1.165, 1.54) is 34.8 Å². The highest BCUT2D eigenvalue weighted by Gasteiger charge is 2.25. The number of carbonyl (C=O) groups excluding carboxylic acids is 1. The molecule has 37 heavy (non-hydrogen) atoms. The number of likely N-dealkylation sites (N-methyl/N-ethyl adjacent to an activating group) is 1. The fraction of sp³-hybridized carbons (Fsp3) is 0.231. The van der Waals surface area contributed by atoms with Crippen molar-refractivity contribution in [1.82, 2.24) is 9.88 Å². The summed E-state index contributed by atoms with van der Waals surface area (Å²) in [7, 11) is 1.66. The van der Waals surface area contributed by atoms with Gasteiger partial charge in [-0.25, -0.2) is 13.4 Å². The topological polar surface area (TPSA) is 73.8 Å². The number of fused-ring (bicyclic) bond motifs is 1. The summed E-state index contributed by atoms with van der Waals surface area (Å²) in [4.78, 5) is 23.3. The number of benzene rings is 3. The van der Waals surface area contributed by atoms with Gasteiger partial charge in [0.25, 0.3) is 15.9 Å². The van der Waals surface area contributed by atoms with E-state index in [1.54, 1.807) is 53.1 Å². The van der Waals surface area contributed by atoms with Crippen molar-refractivity contribution < 1.29 is 13.2 Å². The number of carbonyl (C=O) groups is 1. The Morgan fingerprint density at radius 3 is 2.22 bits per heavy atom. The number of hydrogen-bond donors (Lipinski definition) is 0. The highest BCUT2D eigenvalue weighted by atomic mass is 35.5. The van der Waals surface area contributed by atoms with E-state index in [0.29, 0.717) is 29.5 Å². The molecule has 0 spiro atoms. The first-order valence-corrected chi connectivity index (χ1v) is 14.7. The maximum absolute atomic E-state index is 13.6. The van der Waals surface area contributed by atoms with Gasteiger partial charge in [0.05, 0.1) is 20.8 Å². The Bertz CT molecular complexity index is 1460. The molecule has 1 amide bonds. The maximum Gasteiger partial charge on any atom is 0.264 e. The van der Waals surface area contributed by atoms with E-state index in [2.05, 4.69) is 0 Å². The van der Waals surface area contributed by atoms with E-state index in [1.807, 2.05) is 49.5 Å². The Hall–Kier alpha value is -2.63. The molecule has 0 unspecified atom stereocenters. The van der Waals surface area contributed by atoms with Crippen LogP contribution in [0.25, 0.3) is 10.2 Å². The first-order valence-electron chi connectivity index (χ1n) is 11.3. The molecule has 1 aromatic heterocycles. The molecule has 0 aliphatic heterocycles. The second-order valence-corrected chi connectivity index (χ2v) is 12.2. The molecule has 0 saturated heterocycles. The van der Waals surface area contributed by atoms with Crippen molar-refractivity contribution in [3.05, 3.63) is 78.4 Å². The van der Waals surface area contributed by atoms with Crippen molar-refractivity contribution in [2.75, 3.05) is 49.7 Å². The molecular weight excluding hydrogens is 548 g/mol. The van der Waals surface area contributed by atoms with E-state index >= 15 is 0 Å². The van der Waals surface area contributed by atoms with Crippen molar-refractivity contribution >= 4 is 72.5 Å². The number of rotatable bonds is 9. The van der Waals surface area contributed by atoms with Gasteiger partial charge in [-0.15, -0.1) is 24.2 Å². The van der Waals surface area contributed by atoms with Gasteiger partial charge >= 0.3 is 0 Å². The van der Waals surface area contributed by atoms with Gasteiger partial charge in [0.15, 0.2) is 5.13 Å². The quantitative estimate of drug-likeness (QED) is 0.246. The average Bonchev–Trinajstić information content (AvgIpc) is 3.32. The Balaban J connectivity index is 0.00000380. The van der Waals surface area contributed by atoms with E-state index in [0.717, 1.165) is 15.1 Å². The second kappa shape index (κ2) is 12.3. The largest absolute Gasteiger partial charge is 0.308 e. The van der Waals surface area contributed by atoms with Gasteiger partial charge in [0, 0.05) is 30.6 Å². The van der Waals surface area contributed by atoms with Crippen LogP contribution >= 0.6 is 35.5 Å². The van der Waals surface area contributed by atoms with E-state index in [-0.39, 0.29) is 23.2 Å². The van der Waals surface area contributed by atoms with Gasteiger partial charge < -0.3 is 4.90 Å². The molecular formula is C26H29ClN4O3S3. The highest BCUT2D eigenvalue weighted by molar-refractivity contribution is 7.98. The molecule has 3 aromatic carbocycles. The van der Waals surface area contributed by atoms with Crippen LogP contribution in [0.1, 0.15) is 10.4 Å². The molecule has 0 aliphatic carbocycles. The fourth-order valence-corrected chi connectivity index (χ4v) is 6.48. The number of halogens is 1. The van der Waals surface area contributed by atoms with Gasteiger partial charge in [0.2, 0.25) is 0 Å². The van der Waals surface area contributed by atoms with Crippen LogP contribution in [0, 0.1) is 0 Å². The van der Waals surface area contributed by atoms with Crippen LogP contribution < -0.4 is 9.21 Å². The number of nitrogens with zero attached hydrogens (tertiary/aromatic N) is 4. The molecule has 7 nitrogen and oxygen atoms in total. The van der Waals surface area contributed by atoms with Crippen LogP contribution in [0.4, 0.5) is 10.8 Å². The van der Waals surface area contributed by atoms with Crippen LogP contribution in [0.5, 0.6) is 0 Å². The number of thioether (sulfide) groups is 1. The van der Waals surface area contributed by atoms with Gasteiger partial charge in [0.1, 0.15) is 0 Å². The first kappa shape index (κ1) is 28.9. The zero-order valence-corrected chi connectivity index (χ0v) is 24.3. The van der Waals surface area contributed by atoms with Crippen molar-refractivity contribution in [1.29, 1.82) is 0 Å². The maximum atomic E-state index is 13.6. The minimum atomic E-state index is -3.76. The zero-order valence-electron chi connectivity index (χ0n) is 21.0. The third-order valence-corrected chi connectivity index (χ3v) is 9.33. The zero-order chi connectivity index (χ0) is 25.9. The van der Waals surface area contributed by atoms with Crippen LogP contribution in [-0.4, -0.2) is 64.7 Å². The molecule has 196 valence electrons. The summed E-state index contributed by atoms with van der Waals surface area (Å²) in [6, 6.07) is 21.0. The first-order chi connectivity index (χ1) is 17.2. The lowest BCUT2D eigenvalue weighted by Crippen LogP contribution is -2.36. The van der Waals surface area contributed by atoms with Crippen molar-refractivity contribution in [2.24, 2.45) is 0 Å². The molecule has 11 heteroatoms.